The summed E-state index contributed by atoms with van der Waals surface area (Å²) < 4.78 is 10.0. The van der Waals surface area contributed by atoms with Gasteiger partial charge in [-0.05, 0) is 18.6 Å². The SMILES string of the molecule is COc1ccccc1/C=C/C(=O)OCC(=O)N1CCCC1=O. The maximum atomic E-state index is 11.7. The maximum Gasteiger partial charge on any atom is 0.331 e. The van der Waals surface area contributed by atoms with Crippen molar-refractivity contribution in [3.05, 3.63) is 35.9 Å². The lowest BCUT2D eigenvalue weighted by atomic mass is 10.2. The quantitative estimate of drug-likeness (QED) is 0.607. The van der Waals surface area contributed by atoms with Crippen LogP contribution < -0.4 is 4.74 Å². The summed E-state index contributed by atoms with van der Waals surface area (Å²) in [4.78, 5) is 35.8. The molecule has 1 saturated heterocycles. The third kappa shape index (κ3) is 3.94. The summed E-state index contributed by atoms with van der Waals surface area (Å²) in [5.74, 6) is -0.719. The van der Waals surface area contributed by atoms with E-state index in [0.717, 1.165) is 10.5 Å². The number of hydrogen-bond acceptors (Lipinski definition) is 5. The first kappa shape index (κ1) is 15.8. The van der Waals surface area contributed by atoms with Gasteiger partial charge >= 0.3 is 5.97 Å². The second-order valence-electron chi connectivity index (χ2n) is 4.73. The van der Waals surface area contributed by atoms with Crippen molar-refractivity contribution in [3.63, 3.8) is 0 Å². The normalized spacial score (nSPS) is 14.4. The lowest BCUT2D eigenvalue weighted by Crippen LogP contribution is -2.35. The van der Waals surface area contributed by atoms with Crippen LogP contribution in [0, 0.1) is 0 Å². The summed E-state index contributed by atoms with van der Waals surface area (Å²) >= 11 is 0. The highest BCUT2D eigenvalue weighted by Gasteiger charge is 2.26. The Bertz CT molecular complexity index is 608. The number of amides is 2. The molecule has 6 heteroatoms. The molecule has 2 amide bonds. The van der Waals surface area contributed by atoms with E-state index >= 15 is 0 Å². The molecular formula is C16H17NO5. The van der Waals surface area contributed by atoms with Crippen LogP contribution in [-0.2, 0) is 19.1 Å². The highest BCUT2D eigenvalue weighted by atomic mass is 16.5. The number of imide groups is 1. The Morgan fingerprint density at radius 2 is 2.09 bits per heavy atom. The fourth-order valence-electron chi connectivity index (χ4n) is 2.13. The van der Waals surface area contributed by atoms with E-state index in [1.165, 1.54) is 13.2 Å². The van der Waals surface area contributed by atoms with Crippen molar-refractivity contribution in [3.8, 4) is 5.75 Å². The number of likely N-dealkylation sites (tertiary alicyclic amines) is 1. The van der Waals surface area contributed by atoms with Crippen LogP contribution in [0.2, 0.25) is 0 Å². The Morgan fingerprint density at radius 1 is 1.32 bits per heavy atom. The van der Waals surface area contributed by atoms with Crippen molar-refractivity contribution in [1.82, 2.24) is 4.90 Å². The van der Waals surface area contributed by atoms with Gasteiger partial charge in [-0.1, -0.05) is 18.2 Å². The van der Waals surface area contributed by atoms with Crippen LogP contribution in [0.3, 0.4) is 0 Å². The van der Waals surface area contributed by atoms with Crippen molar-refractivity contribution < 1.29 is 23.9 Å². The van der Waals surface area contributed by atoms with Crippen LogP contribution in [0.1, 0.15) is 18.4 Å². The molecule has 0 N–H and O–H groups in total. The molecule has 0 aliphatic carbocycles. The first-order chi connectivity index (χ1) is 10.6. The smallest absolute Gasteiger partial charge is 0.331 e. The zero-order chi connectivity index (χ0) is 15.9. The van der Waals surface area contributed by atoms with Crippen LogP contribution in [-0.4, -0.2) is 42.9 Å². The molecule has 0 unspecified atom stereocenters. The molecule has 1 aliphatic heterocycles. The van der Waals surface area contributed by atoms with E-state index in [0.29, 0.717) is 25.1 Å². The summed E-state index contributed by atoms with van der Waals surface area (Å²) in [6.07, 6.45) is 3.79. The fourth-order valence-corrected chi connectivity index (χ4v) is 2.13. The second-order valence-corrected chi connectivity index (χ2v) is 4.73. The first-order valence-electron chi connectivity index (χ1n) is 6.93. The number of rotatable bonds is 5. The monoisotopic (exact) mass is 303 g/mol. The number of carbonyl (C=O) groups excluding carboxylic acids is 3. The molecule has 6 nitrogen and oxygen atoms in total. The average molecular weight is 303 g/mol. The van der Waals surface area contributed by atoms with Crippen molar-refractivity contribution >= 4 is 23.9 Å². The maximum absolute atomic E-state index is 11.7. The Hall–Kier alpha value is -2.63. The minimum absolute atomic E-state index is 0.217. The summed E-state index contributed by atoms with van der Waals surface area (Å²) in [7, 11) is 1.54. The number of carbonyl (C=O) groups is 3. The summed E-state index contributed by atoms with van der Waals surface area (Å²) in [6, 6.07) is 7.19. The van der Waals surface area contributed by atoms with Crippen molar-refractivity contribution in [2.75, 3.05) is 20.3 Å². The molecule has 0 bridgehead atoms. The molecule has 0 atom stereocenters. The third-order valence-electron chi connectivity index (χ3n) is 3.25. The van der Waals surface area contributed by atoms with Gasteiger partial charge in [0.05, 0.1) is 7.11 Å². The largest absolute Gasteiger partial charge is 0.496 e. The first-order valence-corrected chi connectivity index (χ1v) is 6.93. The zero-order valence-corrected chi connectivity index (χ0v) is 12.3. The van der Waals surface area contributed by atoms with Gasteiger partial charge in [0.1, 0.15) is 5.75 Å². The van der Waals surface area contributed by atoms with Gasteiger partial charge in [-0.3, -0.25) is 14.5 Å². The van der Waals surface area contributed by atoms with Crippen LogP contribution in [0.25, 0.3) is 6.08 Å². The summed E-state index contributed by atoms with van der Waals surface area (Å²) in [6.45, 7) is -0.0346. The van der Waals surface area contributed by atoms with E-state index in [1.807, 2.05) is 12.1 Å². The van der Waals surface area contributed by atoms with E-state index in [1.54, 1.807) is 18.2 Å². The highest BCUT2D eigenvalue weighted by molar-refractivity contribution is 5.98. The second kappa shape index (κ2) is 7.40. The number of nitrogens with zero attached hydrogens (tertiary/aromatic N) is 1. The zero-order valence-electron chi connectivity index (χ0n) is 12.3. The van der Waals surface area contributed by atoms with E-state index in [4.69, 9.17) is 9.47 Å². The molecule has 0 aromatic heterocycles. The molecule has 22 heavy (non-hydrogen) atoms. The van der Waals surface area contributed by atoms with E-state index < -0.39 is 18.5 Å². The van der Waals surface area contributed by atoms with Gasteiger partial charge in [0, 0.05) is 24.6 Å². The minimum atomic E-state index is -0.647. The van der Waals surface area contributed by atoms with Crippen LogP contribution >= 0.6 is 0 Å². The number of esters is 1. The number of hydrogen-bond donors (Lipinski definition) is 0. The van der Waals surface area contributed by atoms with Gasteiger partial charge < -0.3 is 9.47 Å². The topological polar surface area (TPSA) is 72.9 Å². The van der Waals surface area contributed by atoms with Crippen molar-refractivity contribution in [2.45, 2.75) is 12.8 Å². The van der Waals surface area contributed by atoms with E-state index in [2.05, 4.69) is 0 Å². The molecule has 1 aromatic carbocycles. The summed E-state index contributed by atoms with van der Waals surface area (Å²) in [5, 5.41) is 0. The van der Waals surface area contributed by atoms with Crippen molar-refractivity contribution in [2.24, 2.45) is 0 Å². The lowest BCUT2D eigenvalue weighted by molar-refractivity contribution is -0.151. The number of benzene rings is 1. The molecule has 2 rings (SSSR count). The fraction of sp³-hybridized carbons (Fsp3) is 0.312. The molecule has 1 fully saturated rings. The molecule has 0 saturated carbocycles. The lowest BCUT2D eigenvalue weighted by Gasteiger charge is -2.12. The van der Waals surface area contributed by atoms with Gasteiger partial charge in [-0.25, -0.2) is 4.79 Å². The van der Waals surface area contributed by atoms with Gasteiger partial charge in [0.2, 0.25) is 5.91 Å². The van der Waals surface area contributed by atoms with E-state index in [-0.39, 0.29) is 5.91 Å². The van der Waals surface area contributed by atoms with Crippen LogP contribution in [0.4, 0.5) is 0 Å². The molecule has 116 valence electrons. The van der Waals surface area contributed by atoms with Gasteiger partial charge in [-0.15, -0.1) is 0 Å². The highest BCUT2D eigenvalue weighted by Crippen LogP contribution is 2.18. The molecule has 1 heterocycles. The van der Waals surface area contributed by atoms with E-state index in [9.17, 15) is 14.4 Å². The Kier molecular flexibility index (Phi) is 5.30. The Balaban J connectivity index is 1.86. The van der Waals surface area contributed by atoms with Gasteiger partial charge in [0.15, 0.2) is 6.61 Å². The molecule has 0 spiro atoms. The molecule has 1 aliphatic rings. The number of ether oxygens (including phenoxy) is 2. The Labute approximate surface area is 128 Å². The van der Waals surface area contributed by atoms with Gasteiger partial charge in [-0.2, -0.15) is 0 Å². The summed E-state index contributed by atoms with van der Waals surface area (Å²) in [5.41, 5.74) is 0.725. The van der Waals surface area contributed by atoms with Crippen LogP contribution in [0.5, 0.6) is 5.75 Å². The molecule has 0 radical (unpaired) electrons. The predicted molar refractivity (Wildman–Crippen MR) is 78.9 cm³/mol. The minimum Gasteiger partial charge on any atom is -0.496 e. The van der Waals surface area contributed by atoms with Gasteiger partial charge in [0.25, 0.3) is 5.91 Å². The molecular weight excluding hydrogens is 286 g/mol. The predicted octanol–water partition coefficient (Wildman–Crippen LogP) is 1.40. The standard InChI is InChI=1S/C16H17NO5/c1-21-13-6-3-2-5-12(13)8-9-16(20)22-11-15(19)17-10-4-7-14(17)18/h2-3,5-6,8-9H,4,7,10-11H2,1H3/b9-8+. The number of methoxy groups -OCH3 is 1. The van der Waals surface area contributed by atoms with Crippen molar-refractivity contribution in [1.29, 1.82) is 0 Å². The number of para-hydroxylation sites is 1. The average Bonchev–Trinajstić information content (AvgIpc) is 2.97. The van der Waals surface area contributed by atoms with Crippen LogP contribution in [0.15, 0.2) is 30.3 Å². The third-order valence-corrected chi connectivity index (χ3v) is 3.25. The molecule has 1 aromatic rings. The Morgan fingerprint density at radius 3 is 2.77 bits per heavy atom.